The predicted octanol–water partition coefficient (Wildman–Crippen LogP) is 3.65. The van der Waals surface area contributed by atoms with Crippen LogP contribution in [0.25, 0.3) is 0 Å². The quantitative estimate of drug-likeness (QED) is 0.673. The standard InChI is InChI=1S/C13H11F6NO3/c1-6(20-11(22)23-2)10(21)7-3-8(12(14,15)16)5-9(4-7)13(17,18)19/h3-6H,1-2H3,(H,20,22)/t6-/m0/s1. The summed E-state index contributed by atoms with van der Waals surface area (Å²) in [5, 5.41) is 1.97. The lowest BCUT2D eigenvalue weighted by molar-refractivity contribution is -0.143. The van der Waals surface area contributed by atoms with Crippen LogP contribution in [-0.4, -0.2) is 25.0 Å². The van der Waals surface area contributed by atoms with Gasteiger partial charge in [-0.2, -0.15) is 26.3 Å². The third-order valence-corrected chi connectivity index (χ3v) is 2.79. The molecule has 0 aliphatic heterocycles. The van der Waals surface area contributed by atoms with E-state index >= 15 is 0 Å². The molecule has 0 heterocycles. The fourth-order valence-corrected chi connectivity index (χ4v) is 1.65. The Labute approximate surface area is 126 Å². The summed E-state index contributed by atoms with van der Waals surface area (Å²) in [7, 11) is 0.985. The van der Waals surface area contributed by atoms with E-state index in [0.29, 0.717) is 12.1 Å². The first-order valence-electron chi connectivity index (χ1n) is 6.04. The number of nitrogens with one attached hydrogen (secondary N) is 1. The van der Waals surface area contributed by atoms with Crippen molar-refractivity contribution in [2.45, 2.75) is 25.3 Å². The minimum absolute atomic E-state index is 0.0881. The molecule has 1 N–H and O–H groups in total. The lowest BCUT2D eigenvalue weighted by Gasteiger charge is -2.16. The normalized spacial score (nSPS) is 13.4. The zero-order chi connectivity index (χ0) is 18.0. The fraction of sp³-hybridized carbons (Fsp3) is 0.385. The predicted molar refractivity (Wildman–Crippen MR) is 65.8 cm³/mol. The monoisotopic (exact) mass is 343 g/mol. The van der Waals surface area contributed by atoms with Crippen molar-refractivity contribution < 1.29 is 40.7 Å². The highest BCUT2D eigenvalue weighted by atomic mass is 19.4. The molecule has 0 fully saturated rings. The smallest absolute Gasteiger partial charge is 0.416 e. The van der Waals surface area contributed by atoms with Gasteiger partial charge in [-0.1, -0.05) is 0 Å². The van der Waals surface area contributed by atoms with Gasteiger partial charge < -0.3 is 10.1 Å². The minimum Gasteiger partial charge on any atom is -0.453 e. The number of benzene rings is 1. The maximum Gasteiger partial charge on any atom is 0.416 e. The van der Waals surface area contributed by atoms with Crippen molar-refractivity contribution in [3.63, 3.8) is 0 Å². The van der Waals surface area contributed by atoms with E-state index in [1.54, 1.807) is 0 Å². The van der Waals surface area contributed by atoms with Gasteiger partial charge in [0.25, 0.3) is 0 Å². The molecule has 1 aromatic carbocycles. The number of rotatable bonds is 3. The van der Waals surface area contributed by atoms with Crippen molar-refractivity contribution in [3.05, 3.63) is 34.9 Å². The van der Waals surface area contributed by atoms with Crippen LogP contribution in [0.4, 0.5) is 31.1 Å². The van der Waals surface area contributed by atoms with Crippen LogP contribution in [-0.2, 0) is 17.1 Å². The number of Topliss-reactive ketones (excluding diaryl/α,β-unsaturated/α-hetero) is 1. The Bertz CT molecular complexity index is 576. The van der Waals surface area contributed by atoms with Crippen molar-refractivity contribution in [1.82, 2.24) is 5.32 Å². The van der Waals surface area contributed by atoms with Gasteiger partial charge in [0.15, 0.2) is 5.78 Å². The molecule has 1 amide bonds. The first-order valence-corrected chi connectivity index (χ1v) is 6.04. The van der Waals surface area contributed by atoms with Gasteiger partial charge in [-0.15, -0.1) is 0 Å². The summed E-state index contributed by atoms with van der Waals surface area (Å²) in [6, 6.07) is -0.859. The summed E-state index contributed by atoms with van der Waals surface area (Å²) in [4.78, 5) is 22.9. The van der Waals surface area contributed by atoms with E-state index in [9.17, 15) is 35.9 Å². The number of alkyl halides is 6. The number of hydrogen-bond donors (Lipinski definition) is 1. The zero-order valence-electron chi connectivity index (χ0n) is 11.8. The Hall–Kier alpha value is -2.26. The fourth-order valence-electron chi connectivity index (χ4n) is 1.65. The molecule has 23 heavy (non-hydrogen) atoms. The molecule has 0 aliphatic carbocycles. The van der Waals surface area contributed by atoms with Crippen molar-refractivity contribution in [3.8, 4) is 0 Å². The van der Waals surface area contributed by atoms with Crippen molar-refractivity contribution in [1.29, 1.82) is 0 Å². The Morgan fingerprint density at radius 3 is 1.78 bits per heavy atom. The Balaban J connectivity index is 3.29. The van der Waals surface area contributed by atoms with Crippen molar-refractivity contribution in [2.24, 2.45) is 0 Å². The van der Waals surface area contributed by atoms with Gasteiger partial charge in [0.05, 0.1) is 24.3 Å². The molecule has 1 aromatic rings. The van der Waals surface area contributed by atoms with Crippen molar-refractivity contribution in [2.75, 3.05) is 7.11 Å². The average molecular weight is 343 g/mol. The second kappa shape index (κ2) is 6.47. The third-order valence-electron chi connectivity index (χ3n) is 2.79. The number of methoxy groups -OCH3 is 1. The maximum absolute atomic E-state index is 12.7. The van der Waals surface area contributed by atoms with E-state index in [0.717, 1.165) is 14.0 Å². The minimum atomic E-state index is -5.06. The number of carbonyl (C=O) groups is 2. The molecule has 0 unspecified atom stereocenters. The lowest BCUT2D eigenvalue weighted by Crippen LogP contribution is -2.38. The number of carbonyl (C=O) groups excluding carboxylic acids is 2. The molecule has 10 heteroatoms. The second-order valence-corrected chi connectivity index (χ2v) is 4.52. The lowest BCUT2D eigenvalue weighted by atomic mass is 9.99. The number of hydrogen-bond acceptors (Lipinski definition) is 3. The maximum atomic E-state index is 12.7. The Morgan fingerprint density at radius 2 is 1.43 bits per heavy atom. The van der Waals surface area contributed by atoms with Crippen LogP contribution >= 0.6 is 0 Å². The van der Waals surface area contributed by atoms with Crippen LogP contribution in [0.5, 0.6) is 0 Å². The summed E-state index contributed by atoms with van der Waals surface area (Å²) in [6.45, 7) is 1.10. The van der Waals surface area contributed by atoms with E-state index in [4.69, 9.17) is 0 Å². The number of ketones is 1. The Kier molecular flexibility index (Phi) is 5.28. The van der Waals surface area contributed by atoms with Gasteiger partial charge >= 0.3 is 18.4 Å². The van der Waals surface area contributed by atoms with Crippen LogP contribution < -0.4 is 5.32 Å². The molecule has 0 saturated heterocycles. The molecular weight excluding hydrogens is 332 g/mol. The zero-order valence-corrected chi connectivity index (χ0v) is 11.8. The topological polar surface area (TPSA) is 55.4 Å². The molecule has 0 spiro atoms. The number of amides is 1. The molecule has 0 saturated carbocycles. The summed E-state index contributed by atoms with van der Waals surface area (Å²) < 4.78 is 80.4. The molecule has 0 aliphatic rings. The molecule has 128 valence electrons. The first-order chi connectivity index (χ1) is 10.4. The van der Waals surface area contributed by atoms with E-state index in [-0.39, 0.29) is 6.07 Å². The Morgan fingerprint density at radius 1 is 1.00 bits per heavy atom. The molecule has 1 rings (SSSR count). The highest BCUT2D eigenvalue weighted by Crippen LogP contribution is 2.36. The molecule has 0 aromatic heterocycles. The van der Waals surface area contributed by atoms with Crippen LogP contribution in [0, 0.1) is 0 Å². The highest BCUT2D eigenvalue weighted by molar-refractivity contribution is 6.01. The SMILES string of the molecule is COC(=O)N[C@@H](C)C(=O)c1cc(C(F)(F)F)cc(C(F)(F)F)c1. The van der Waals surface area contributed by atoms with Gasteiger partial charge in [-0.05, 0) is 25.1 Å². The largest absolute Gasteiger partial charge is 0.453 e. The molecule has 0 radical (unpaired) electrons. The van der Waals surface area contributed by atoms with Gasteiger partial charge in [-0.25, -0.2) is 4.79 Å². The third kappa shape index (κ3) is 4.86. The summed E-state index contributed by atoms with van der Waals surface area (Å²) in [5.41, 5.74) is -4.04. The number of halogens is 6. The van der Waals surface area contributed by atoms with Crippen molar-refractivity contribution >= 4 is 11.9 Å². The highest BCUT2D eigenvalue weighted by Gasteiger charge is 2.37. The average Bonchev–Trinajstić information content (AvgIpc) is 2.43. The summed E-state index contributed by atoms with van der Waals surface area (Å²) in [5.74, 6) is -1.12. The van der Waals surface area contributed by atoms with E-state index in [2.05, 4.69) is 4.74 Å². The molecule has 4 nitrogen and oxygen atoms in total. The summed E-state index contributed by atoms with van der Waals surface area (Å²) >= 11 is 0. The van der Waals surface area contributed by atoms with Gasteiger partial charge in [0, 0.05) is 5.56 Å². The molecule has 1 atom stereocenters. The molecular formula is C13H11F6NO3. The molecule has 0 bridgehead atoms. The summed E-state index contributed by atoms with van der Waals surface area (Å²) in [6.07, 6.45) is -11.2. The van der Waals surface area contributed by atoms with Gasteiger partial charge in [0.1, 0.15) is 0 Å². The van der Waals surface area contributed by atoms with Crippen LogP contribution in [0.1, 0.15) is 28.4 Å². The van der Waals surface area contributed by atoms with Crippen LogP contribution in [0.15, 0.2) is 18.2 Å². The van der Waals surface area contributed by atoms with Gasteiger partial charge in [-0.3, -0.25) is 4.79 Å². The number of ether oxygens (including phenoxy) is 1. The van der Waals surface area contributed by atoms with Gasteiger partial charge in [0.2, 0.25) is 0 Å². The van der Waals surface area contributed by atoms with E-state index in [1.807, 2.05) is 5.32 Å². The van der Waals surface area contributed by atoms with Crippen LogP contribution in [0.2, 0.25) is 0 Å². The first kappa shape index (κ1) is 18.8. The number of alkyl carbamates (subject to hydrolysis) is 1. The second-order valence-electron chi connectivity index (χ2n) is 4.52. The van der Waals surface area contributed by atoms with Crippen LogP contribution in [0.3, 0.4) is 0 Å². The van der Waals surface area contributed by atoms with E-state index < -0.39 is 47.0 Å². The van der Waals surface area contributed by atoms with E-state index in [1.165, 1.54) is 0 Å².